The number of hydrogen-bond acceptors (Lipinski definition) is 4. The van der Waals surface area contributed by atoms with Crippen LogP contribution in [0.5, 0.6) is 0 Å². The van der Waals surface area contributed by atoms with Gasteiger partial charge in [0, 0.05) is 31.7 Å². The van der Waals surface area contributed by atoms with E-state index in [-0.39, 0.29) is 24.3 Å². The summed E-state index contributed by atoms with van der Waals surface area (Å²) in [7, 11) is 0. The highest BCUT2D eigenvalue weighted by Crippen LogP contribution is 2.39. The van der Waals surface area contributed by atoms with Crippen LogP contribution in [0.25, 0.3) is 0 Å². The molecule has 1 aromatic rings. The first-order chi connectivity index (χ1) is 15.0. The zero-order chi connectivity index (χ0) is 22.3. The molecule has 7 heteroatoms. The van der Waals surface area contributed by atoms with Gasteiger partial charge < -0.3 is 20.0 Å². The molecule has 1 aromatic carbocycles. The molecule has 0 atom stereocenters. The van der Waals surface area contributed by atoms with E-state index >= 15 is 0 Å². The van der Waals surface area contributed by atoms with Gasteiger partial charge in [-0.2, -0.15) is 0 Å². The summed E-state index contributed by atoms with van der Waals surface area (Å²) in [6.45, 7) is 6.43. The predicted octanol–water partition coefficient (Wildman–Crippen LogP) is 2.76. The third-order valence-electron chi connectivity index (χ3n) is 6.46. The standard InChI is InChI=1S/C24H36N4O3/c1-3-5-12-22(30)26-16-13-24(14-17-26)23(31)27(18-21(29)25-15-6-4-2)19-28(24)20-10-8-7-9-11-20/h7-11H,3-6,12-19H2,1-2H3,(H,25,29). The maximum atomic E-state index is 13.6. The third kappa shape index (κ3) is 5.20. The monoisotopic (exact) mass is 428 g/mol. The summed E-state index contributed by atoms with van der Waals surface area (Å²) in [5.41, 5.74) is 0.294. The topological polar surface area (TPSA) is 73.0 Å². The second-order valence-corrected chi connectivity index (χ2v) is 8.63. The van der Waals surface area contributed by atoms with Gasteiger partial charge in [0.05, 0.1) is 6.67 Å². The molecule has 2 fully saturated rings. The number of nitrogens with zero attached hydrogens (tertiary/aromatic N) is 3. The van der Waals surface area contributed by atoms with Crippen molar-refractivity contribution < 1.29 is 14.4 Å². The van der Waals surface area contributed by atoms with E-state index in [4.69, 9.17) is 0 Å². The molecule has 0 unspecified atom stereocenters. The zero-order valence-corrected chi connectivity index (χ0v) is 18.9. The Labute approximate surface area is 185 Å². The van der Waals surface area contributed by atoms with E-state index in [2.05, 4.69) is 24.1 Å². The molecule has 0 aromatic heterocycles. The molecule has 31 heavy (non-hydrogen) atoms. The Bertz CT molecular complexity index is 759. The van der Waals surface area contributed by atoms with Crippen molar-refractivity contribution in [3.8, 4) is 0 Å². The molecule has 2 aliphatic heterocycles. The van der Waals surface area contributed by atoms with Gasteiger partial charge in [-0.3, -0.25) is 14.4 Å². The molecule has 2 heterocycles. The molecule has 7 nitrogen and oxygen atoms in total. The van der Waals surface area contributed by atoms with E-state index in [1.165, 1.54) is 0 Å². The van der Waals surface area contributed by atoms with Gasteiger partial charge in [0.25, 0.3) is 5.91 Å². The van der Waals surface area contributed by atoms with Crippen LogP contribution in [0.15, 0.2) is 30.3 Å². The van der Waals surface area contributed by atoms with Crippen LogP contribution in [-0.4, -0.2) is 65.9 Å². The van der Waals surface area contributed by atoms with Crippen LogP contribution in [0.2, 0.25) is 0 Å². The van der Waals surface area contributed by atoms with Gasteiger partial charge in [0.2, 0.25) is 11.8 Å². The lowest BCUT2D eigenvalue weighted by atomic mass is 9.85. The number of rotatable bonds is 9. The number of carbonyl (C=O) groups excluding carboxylic acids is 3. The van der Waals surface area contributed by atoms with Gasteiger partial charge in [-0.05, 0) is 37.8 Å². The number of benzene rings is 1. The van der Waals surface area contributed by atoms with Crippen LogP contribution in [0.4, 0.5) is 5.69 Å². The highest BCUT2D eigenvalue weighted by atomic mass is 16.2. The fourth-order valence-electron chi connectivity index (χ4n) is 4.57. The van der Waals surface area contributed by atoms with Crippen LogP contribution in [-0.2, 0) is 14.4 Å². The minimum Gasteiger partial charge on any atom is -0.355 e. The summed E-state index contributed by atoms with van der Waals surface area (Å²) in [4.78, 5) is 44.2. The van der Waals surface area contributed by atoms with E-state index in [9.17, 15) is 14.4 Å². The molecule has 0 bridgehead atoms. The van der Waals surface area contributed by atoms with Crippen molar-refractivity contribution in [3.63, 3.8) is 0 Å². The number of amides is 3. The van der Waals surface area contributed by atoms with E-state index in [0.717, 1.165) is 31.4 Å². The Morgan fingerprint density at radius 2 is 1.71 bits per heavy atom. The predicted molar refractivity (Wildman–Crippen MR) is 121 cm³/mol. The van der Waals surface area contributed by atoms with Crippen molar-refractivity contribution in [2.24, 2.45) is 0 Å². The minimum atomic E-state index is -0.688. The number of carbonyl (C=O) groups is 3. The number of nitrogens with one attached hydrogen (secondary N) is 1. The SMILES string of the molecule is CCCCNC(=O)CN1CN(c2ccccc2)C2(CCN(C(=O)CCCC)CC2)C1=O. The Balaban J connectivity index is 1.74. The summed E-state index contributed by atoms with van der Waals surface area (Å²) in [6.07, 6.45) is 5.60. The Morgan fingerprint density at radius 1 is 1.03 bits per heavy atom. The molecule has 0 radical (unpaired) electrons. The van der Waals surface area contributed by atoms with E-state index < -0.39 is 5.54 Å². The van der Waals surface area contributed by atoms with Crippen molar-refractivity contribution in [1.29, 1.82) is 0 Å². The lowest BCUT2D eigenvalue weighted by molar-refractivity contribution is -0.140. The molecule has 0 saturated carbocycles. The highest BCUT2D eigenvalue weighted by Gasteiger charge is 2.54. The van der Waals surface area contributed by atoms with Crippen molar-refractivity contribution in [1.82, 2.24) is 15.1 Å². The average molecular weight is 429 g/mol. The summed E-state index contributed by atoms with van der Waals surface area (Å²) in [5.74, 6) is 0.0715. The van der Waals surface area contributed by atoms with E-state index in [1.54, 1.807) is 4.90 Å². The largest absolute Gasteiger partial charge is 0.355 e. The Morgan fingerprint density at radius 3 is 2.35 bits per heavy atom. The van der Waals surface area contributed by atoms with Gasteiger partial charge >= 0.3 is 0 Å². The lowest BCUT2D eigenvalue weighted by Gasteiger charge is -2.43. The molecule has 2 aliphatic rings. The van der Waals surface area contributed by atoms with Gasteiger partial charge in [-0.15, -0.1) is 0 Å². The summed E-state index contributed by atoms with van der Waals surface area (Å²) in [6, 6.07) is 9.92. The molecular formula is C24H36N4O3. The van der Waals surface area contributed by atoms with E-state index in [1.807, 2.05) is 35.2 Å². The summed E-state index contributed by atoms with van der Waals surface area (Å²) in [5, 5.41) is 2.91. The van der Waals surface area contributed by atoms with E-state index in [0.29, 0.717) is 45.6 Å². The van der Waals surface area contributed by atoms with Crippen LogP contribution >= 0.6 is 0 Å². The van der Waals surface area contributed by atoms with Crippen molar-refractivity contribution >= 4 is 23.4 Å². The van der Waals surface area contributed by atoms with Gasteiger partial charge in [-0.1, -0.05) is 44.9 Å². The van der Waals surface area contributed by atoms with Crippen LogP contribution in [0.3, 0.4) is 0 Å². The molecule has 1 N–H and O–H groups in total. The maximum Gasteiger partial charge on any atom is 0.250 e. The van der Waals surface area contributed by atoms with Crippen LogP contribution < -0.4 is 10.2 Å². The average Bonchev–Trinajstić information content (AvgIpc) is 3.04. The quantitative estimate of drug-likeness (QED) is 0.614. The number of para-hydroxylation sites is 1. The number of piperidine rings is 1. The fourth-order valence-corrected chi connectivity index (χ4v) is 4.57. The fraction of sp³-hybridized carbons (Fsp3) is 0.625. The molecule has 0 aliphatic carbocycles. The molecular weight excluding hydrogens is 392 g/mol. The zero-order valence-electron chi connectivity index (χ0n) is 18.9. The van der Waals surface area contributed by atoms with Crippen molar-refractivity contribution in [2.75, 3.05) is 37.7 Å². The minimum absolute atomic E-state index is 0.00246. The first-order valence-corrected chi connectivity index (χ1v) is 11.7. The molecule has 3 rings (SSSR count). The normalized spacial score (nSPS) is 18.0. The van der Waals surface area contributed by atoms with Gasteiger partial charge in [-0.25, -0.2) is 0 Å². The number of anilines is 1. The first-order valence-electron chi connectivity index (χ1n) is 11.7. The first kappa shape index (κ1) is 23.1. The van der Waals surface area contributed by atoms with Gasteiger partial charge in [0.15, 0.2) is 0 Å². The number of unbranched alkanes of at least 4 members (excludes halogenated alkanes) is 2. The van der Waals surface area contributed by atoms with Gasteiger partial charge in [0.1, 0.15) is 12.1 Å². The Hall–Kier alpha value is -2.57. The highest BCUT2D eigenvalue weighted by molar-refractivity contribution is 5.96. The maximum absolute atomic E-state index is 13.6. The van der Waals surface area contributed by atoms with Crippen molar-refractivity contribution in [3.05, 3.63) is 30.3 Å². The third-order valence-corrected chi connectivity index (χ3v) is 6.46. The number of hydrogen-bond donors (Lipinski definition) is 1. The second kappa shape index (κ2) is 10.6. The van der Waals surface area contributed by atoms with Crippen LogP contribution in [0, 0.1) is 0 Å². The number of likely N-dealkylation sites (tertiary alicyclic amines) is 1. The smallest absolute Gasteiger partial charge is 0.250 e. The lowest BCUT2D eigenvalue weighted by Crippen LogP contribution is -2.57. The van der Waals surface area contributed by atoms with Crippen LogP contribution in [0.1, 0.15) is 58.8 Å². The molecule has 170 valence electrons. The summed E-state index contributed by atoms with van der Waals surface area (Å²) < 4.78 is 0. The molecule has 2 saturated heterocycles. The Kier molecular flexibility index (Phi) is 7.93. The second-order valence-electron chi connectivity index (χ2n) is 8.63. The molecule has 1 spiro atoms. The summed E-state index contributed by atoms with van der Waals surface area (Å²) >= 11 is 0. The van der Waals surface area contributed by atoms with Crippen molar-refractivity contribution in [2.45, 2.75) is 64.3 Å². The molecule has 3 amide bonds.